The second-order valence-corrected chi connectivity index (χ2v) is 4.74. The molecule has 1 unspecified atom stereocenters. The maximum atomic E-state index is 11.6. The number of amides is 1. The number of ether oxygens (including phenoxy) is 1. The van der Waals surface area contributed by atoms with Crippen molar-refractivity contribution in [2.75, 3.05) is 19.8 Å². The molecule has 1 heterocycles. The quantitative estimate of drug-likeness (QED) is 0.709. The molecule has 1 saturated heterocycles. The molecule has 0 bridgehead atoms. The van der Waals surface area contributed by atoms with Gasteiger partial charge in [0.05, 0.1) is 5.54 Å². The van der Waals surface area contributed by atoms with E-state index in [0.29, 0.717) is 6.61 Å². The van der Waals surface area contributed by atoms with Crippen LogP contribution in [-0.2, 0) is 9.53 Å². The predicted molar refractivity (Wildman–Crippen MR) is 57.3 cm³/mol. The number of carbonyl (C=O) groups is 1. The molecule has 1 atom stereocenters. The highest BCUT2D eigenvalue weighted by Gasteiger charge is 2.38. The van der Waals surface area contributed by atoms with Crippen molar-refractivity contribution in [3.63, 3.8) is 0 Å². The fraction of sp³-hybridized carbons (Fsp3) is 0.909. The summed E-state index contributed by atoms with van der Waals surface area (Å²) in [6.07, 6.45) is 5.03. The molecule has 2 rings (SSSR count). The van der Waals surface area contributed by atoms with Gasteiger partial charge in [-0.15, -0.1) is 0 Å². The molecule has 0 spiro atoms. The molecule has 3 N–H and O–H groups in total. The highest BCUT2D eigenvalue weighted by molar-refractivity contribution is 5.84. The first kappa shape index (κ1) is 10.9. The second kappa shape index (κ2) is 4.49. The van der Waals surface area contributed by atoms with Crippen molar-refractivity contribution in [2.45, 2.75) is 37.6 Å². The summed E-state index contributed by atoms with van der Waals surface area (Å²) in [6, 6.07) is 0. The minimum absolute atomic E-state index is 0.214. The number of rotatable bonds is 4. The van der Waals surface area contributed by atoms with Gasteiger partial charge < -0.3 is 15.8 Å². The first-order valence-corrected chi connectivity index (χ1v) is 5.86. The maximum absolute atomic E-state index is 11.6. The van der Waals surface area contributed by atoms with Crippen molar-refractivity contribution in [3.8, 4) is 0 Å². The summed E-state index contributed by atoms with van der Waals surface area (Å²) in [7, 11) is 0. The molecule has 2 aliphatic rings. The minimum atomic E-state index is -0.501. The smallest absolute Gasteiger partial charge is 0.237 e. The van der Waals surface area contributed by atoms with Gasteiger partial charge in [-0.2, -0.15) is 0 Å². The third-order valence-electron chi connectivity index (χ3n) is 3.46. The first-order valence-electron chi connectivity index (χ1n) is 5.86. The van der Waals surface area contributed by atoms with Gasteiger partial charge in [-0.1, -0.05) is 0 Å². The molecule has 2 fully saturated rings. The molecule has 0 aromatic rings. The number of carbonyl (C=O) groups excluding carboxylic acids is 1. The van der Waals surface area contributed by atoms with Gasteiger partial charge in [-0.3, -0.25) is 4.79 Å². The van der Waals surface area contributed by atoms with Gasteiger partial charge in [0.25, 0.3) is 0 Å². The van der Waals surface area contributed by atoms with Crippen LogP contribution in [0, 0.1) is 5.92 Å². The van der Waals surface area contributed by atoms with Crippen molar-refractivity contribution in [1.29, 1.82) is 0 Å². The lowest BCUT2D eigenvalue weighted by atomic mass is 9.89. The van der Waals surface area contributed by atoms with Gasteiger partial charge in [-0.25, -0.2) is 0 Å². The van der Waals surface area contributed by atoms with Crippen molar-refractivity contribution in [1.82, 2.24) is 5.32 Å². The van der Waals surface area contributed by atoms with Gasteiger partial charge >= 0.3 is 0 Å². The van der Waals surface area contributed by atoms with Crippen LogP contribution >= 0.6 is 0 Å². The van der Waals surface area contributed by atoms with E-state index in [4.69, 9.17) is 10.5 Å². The van der Waals surface area contributed by atoms with Crippen LogP contribution in [0.4, 0.5) is 0 Å². The standard InChI is InChI=1S/C11H20N2O2/c12-10(14)11(13-8-9-2-3-9)4-1-6-15-7-5-11/h9,13H,1-8H2,(H2,12,14). The Hall–Kier alpha value is -0.610. The molecule has 1 saturated carbocycles. The molecule has 15 heavy (non-hydrogen) atoms. The molecule has 0 radical (unpaired) electrons. The zero-order chi connectivity index (χ0) is 10.7. The molecule has 4 nitrogen and oxygen atoms in total. The van der Waals surface area contributed by atoms with Gasteiger partial charge in [0.15, 0.2) is 0 Å². The van der Waals surface area contributed by atoms with Crippen LogP contribution in [0.1, 0.15) is 32.1 Å². The second-order valence-electron chi connectivity index (χ2n) is 4.74. The Kier molecular flexibility index (Phi) is 3.26. The molecule has 1 amide bonds. The Labute approximate surface area is 90.5 Å². The van der Waals surface area contributed by atoms with Crippen LogP contribution in [0.3, 0.4) is 0 Å². The van der Waals surface area contributed by atoms with Gasteiger partial charge in [0, 0.05) is 13.2 Å². The molecule has 86 valence electrons. The van der Waals surface area contributed by atoms with E-state index in [-0.39, 0.29) is 5.91 Å². The molecule has 1 aliphatic carbocycles. The summed E-state index contributed by atoms with van der Waals surface area (Å²) < 4.78 is 5.37. The normalized spacial score (nSPS) is 32.3. The molecular formula is C11H20N2O2. The SMILES string of the molecule is NC(=O)C1(NCC2CC2)CCCOCC1. The minimum Gasteiger partial charge on any atom is -0.381 e. The molecule has 0 aromatic heterocycles. The Morgan fingerprint density at radius 1 is 1.40 bits per heavy atom. The van der Waals surface area contributed by atoms with Crippen LogP contribution in [0.15, 0.2) is 0 Å². The van der Waals surface area contributed by atoms with Crippen molar-refractivity contribution >= 4 is 5.91 Å². The van der Waals surface area contributed by atoms with Crippen molar-refractivity contribution < 1.29 is 9.53 Å². The number of nitrogens with two attached hydrogens (primary N) is 1. The lowest BCUT2D eigenvalue weighted by Crippen LogP contribution is -2.56. The van der Waals surface area contributed by atoms with Gasteiger partial charge in [0.2, 0.25) is 5.91 Å². The molecule has 0 aromatic carbocycles. The van der Waals surface area contributed by atoms with Crippen molar-refractivity contribution in [2.24, 2.45) is 11.7 Å². The van der Waals surface area contributed by atoms with Crippen LogP contribution in [0.5, 0.6) is 0 Å². The highest BCUT2D eigenvalue weighted by Crippen LogP contribution is 2.30. The van der Waals surface area contributed by atoms with Gasteiger partial charge in [-0.05, 0) is 44.6 Å². The van der Waals surface area contributed by atoms with Crippen LogP contribution in [0.25, 0.3) is 0 Å². The van der Waals surface area contributed by atoms with E-state index in [0.717, 1.165) is 38.3 Å². The third-order valence-corrected chi connectivity index (χ3v) is 3.46. The molecule has 4 heteroatoms. The Bertz CT molecular complexity index is 231. The van der Waals surface area contributed by atoms with Gasteiger partial charge in [0.1, 0.15) is 0 Å². The Balaban J connectivity index is 1.95. The van der Waals surface area contributed by atoms with E-state index in [1.54, 1.807) is 0 Å². The summed E-state index contributed by atoms with van der Waals surface area (Å²) in [5, 5.41) is 3.38. The number of hydrogen-bond donors (Lipinski definition) is 2. The van der Waals surface area contributed by atoms with E-state index in [1.807, 2.05) is 0 Å². The van der Waals surface area contributed by atoms with E-state index in [2.05, 4.69) is 5.32 Å². The summed E-state index contributed by atoms with van der Waals surface area (Å²) in [5.74, 6) is 0.555. The number of primary amides is 1. The number of hydrogen-bond acceptors (Lipinski definition) is 3. The molecule has 1 aliphatic heterocycles. The first-order chi connectivity index (χ1) is 7.23. The topological polar surface area (TPSA) is 64.4 Å². The average Bonchev–Trinajstić information content (AvgIpc) is 3.03. The van der Waals surface area contributed by atoms with E-state index < -0.39 is 5.54 Å². The van der Waals surface area contributed by atoms with E-state index in [1.165, 1.54) is 12.8 Å². The Morgan fingerprint density at radius 2 is 2.20 bits per heavy atom. The largest absolute Gasteiger partial charge is 0.381 e. The zero-order valence-corrected chi connectivity index (χ0v) is 9.13. The maximum Gasteiger partial charge on any atom is 0.237 e. The van der Waals surface area contributed by atoms with Crippen LogP contribution < -0.4 is 11.1 Å². The summed E-state index contributed by atoms with van der Waals surface area (Å²) in [5.41, 5.74) is 5.02. The van der Waals surface area contributed by atoms with E-state index in [9.17, 15) is 4.79 Å². The van der Waals surface area contributed by atoms with E-state index >= 15 is 0 Å². The van der Waals surface area contributed by atoms with Crippen molar-refractivity contribution in [3.05, 3.63) is 0 Å². The summed E-state index contributed by atoms with van der Waals surface area (Å²) in [6.45, 7) is 2.32. The number of nitrogens with one attached hydrogen (secondary N) is 1. The third kappa shape index (κ3) is 2.69. The lowest BCUT2D eigenvalue weighted by Gasteiger charge is -2.30. The predicted octanol–water partition coefficient (Wildman–Crippen LogP) is 0.411. The highest BCUT2D eigenvalue weighted by atomic mass is 16.5. The molecular weight excluding hydrogens is 192 g/mol. The summed E-state index contributed by atoms with van der Waals surface area (Å²) >= 11 is 0. The average molecular weight is 212 g/mol. The zero-order valence-electron chi connectivity index (χ0n) is 9.13. The Morgan fingerprint density at radius 3 is 2.87 bits per heavy atom. The lowest BCUT2D eigenvalue weighted by molar-refractivity contribution is -0.125. The monoisotopic (exact) mass is 212 g/mol. The fourth-order valence-corrected chi connectivity index (χ4v) is 2.12. The summed E-state index contributed by atoms with van der Waals surface area (Å²) in [4.78, 5) is 11.6. The fourth-order valence-electron chi connectivity index (χ4n) is 2.12. The van der Waals surface area contributed by atoms with Crippen LogP contribution in [0.2, 0.25) is 0 Å². The van der Waals surface area contributed by atoms with Crippen LogP contribution in [-0.4, -0.2) is 31.2 Å².